The smallest absolute Gasteiger partial charge is 0.333 e. The number of allylic oxidation sites excluding steroid dienone is 2. The molecule has 352 valence electrons. The largest absolute Gasteiger partial charge is 0.455 e. The Bertz CT molecular complexity index is 3920. The SMILES string of the molecule is Cc1cc2c(cc1N1c3cc4ccccc4cc3B3c4c1cc1c(oc5ccccc51)c4-c1cc(C4(C)CC5CCC(C4)C5C)cc4c5cc(C6(C)CC=C7CC7C6)ccc5n3c14)C(C)(C)CCC2(C)C. The highest BCUT2D eigenvalue weighted by atomic mass is 16.3. The first kappa shape index (κ1) is 41.6. The number of aromatic nitrogens is 1. The lowest BCUT2D eigenvalue weighted by Crippen LogP contribution is -2.56. The zero-order valence-electron chi connectivity index (χ0n) is 43.0. The number of nitrogens with zero attached hydrogens (tertiary/aromatic N) is 2. The zero-order chi connectivity index (χ0) is 47.8. The molecule has 3 fully saturated rings. The van der Waals surface area contributed by atoms with Gasteiger partial charge in [0.05, 0.1) is 0 Å². The second-order valence-electron chi connectivity index (χ2n) is 26.2. The molecule has 9 aromatic rings. The first-order valence-electron chi connectivity index (χ1n) is 27.4. The highest BCUT2D eigenvalue weighted by Crippen LogP contribution is 2.59. The van der Waals surface area contributed by atoms with Gasteiger partial charge in [-0.1, -0.05) is 121 Å². The lowest BCUT2D eigenvalue weighted by Gasteiger charge is -2.45. The first-order chi connectivity index (χ1) is 34.2. The van der Waals surface area contributed by atoms with Gasteiger partial charge in [-0.25, -0.2) is 0 Å². The van der Waals surface area contributed by atoms with E-state index >= 15 is 0 Å². The lowest BCUT2D eigenvalue weighted by molar-refractivity contribution is 0.162. The fourth-order valence-electron chi connectivity index (χ4n) is 16.7. The van der Waals surface area contributed by atoms with E-state index in [2.05, 4.69) is 180 Å². The van der Waals surface area contributed by atoms with Gasteiger partial charge in [-0.3, -0.25) is 0 Å². The monoisotopic (exact) mass is 925 g/mol. The Hall–Kier alpha value is -6.00. The van der Waals surface area contributed by atoms with Crippen LogP contribution in [-0.4, -0.2) is 11.3 Å². The maximum atomic E-state index is 7.35. The number of aryl methyl sites for hydroxylation is 1. The van der Waals surface area contributed by atoms with E-state index in [1.807, 2.05) is 0 Å². The van der Waals surface area contributed by atoms with Gasteiger partial charge in [0.15, 0.2) is 0 Å². The predicted octanol–water partition coefficient (Wildman–Crippen LogP) is 16.6. The summed E-state index contributed by atoms with van der Waals surface area (Å²) < 4.78 is 10.2. The Balaban J connectivity index is 1.06. The molecule has 5 aliphatic carbocycles. The van der Waals surface area contributed by atoms with Gasteiger partial charge in [-0.2, -0.15) is 0 Å². The Morgan fingerprint density at radius 2 is 1.35 bits per heavy atom. The van der Waals surface area contributed by atoms with Crippen molar-refractivity contribution in [2.75, 3.05) is 4.90 Å². The van der Waals surface area contributed by atoms with Crippen LogP contribution in [0.15, 0.2) is 125 Å². The van der Waals surface area contributed by atoms with Gasteiger partial charge in [-0.05, 0) is 208 Å². The predicted molar refractivity (Wildman–Crippen MR) is 300 cm³/mol. The molecule has 0 amide bonds. The van der Waals surface area contributed by atoms with Crippen molar-refractivity contribution in [2.24, 2.45) is 23.7 Å². The highest BCUT2D eigenvalue weighted by Gasteiger charge is 2.50. The summed E-state index contributed by atoms with van der Waals surface area (Å²) in [6, 6.07) is 43.9. The molecule has 7 aromatic carbocycles. The summed E-state index contributed by atoms with van der Waals surface area (Å²) in [5, 5.41) is 7.79. The summed E-state index contributed by atoms with van der Waals surface area (Å²) in [6.45, 7) is 19.9. The molecule has 0 saturated heterocycles. The Morgan fingerprint density at radius 1 is 0.634 bits per heavy atom. The Kier molecular flexibility index (Phi) is 7.93. The normalized spacial score (nSPS) is 27.3. The van der Waals surface area contributed by atoms with E-state index < -0.39 is 0 Å². The van der Waals surface area contributed by atoms with Crippen molar-refractivity contribution in [2.45, 2.75) is 135 Å². The van der Waals surface area contributed by atoms with Crippen molar-refractivity contribution >= 4 is 89.4 Å². The average molecular weight is 925 g/mol. The van der Waals surface area contributed by atoms with Gasteiger partial charge in [0, 0.05) is 60.8 Å². The third-order valence-electron chi connectivity index (χ3n) is 21.0. The van der Waals surface area contributed by atoms with E-state index in [1.165, 1.54) is 162 Å². The number of benzene rings is 7. The number of hydrogen-bond donors (Lipinski definition) is 0. The van der Waals surface area contributed by atoms with Crippen molar-refractivity contribution in [3.8, 4) is 11.1 Å². The van der Waals surface area contributed by atoms with E-state index in [4.69, 9.17) is 4.42 Å². The van der Waals surface area contributed by atoms with Gasteiger partial charge in [0.2, 0.25) is 0 Å². The summed E-state index contributed by atoms with van der Waals surface area (Å²) in [5.41, 5.74) is 23.4. The molecule has 2 aromatic heterocycles. The first-order valence-corrected chi connectivity index (χ1v) is 27.4. The molecule has 3 saturated carbocycles. The summed E-state index contributed by atoms with van der Waals surface area (Å²) in [6.07, 6.45) is 13.9. The van der Waals surface area contributed by atoms with Crippen LogP contribution in [0.2, 0.25) is 0 Å². The van der Waals surface area contributed by atoms with Crippen LogP contribution in [0.1, 0.15) is 134 Å². The van der Waals surface area contributed by atoms with Gasteiger partial charge in [-0.15, -0.1) is 0 Å². The summed E-state index contributed by atoms with van der Waals surface area (Å²) in [7, 11) is 0. The van der Waals surface area contributed by atoms with Crippen molar-refractivity contribution in [3.63, 3.8) is 0 Å². The molecule has 3 nitrogen and oxygen atoms in total. The van der Waals surface area contributed by atoms with Crippen molar-refractivity contribution in [1.29, 1.82) is 0 Å². The van der Waals surface area contributed by atoms with E-state index in [0.29, 0.717) is 0 Å². The molecule has 0 radical (unpaired) electrons. The Morgan fingerprint density at radius 3 is 2.13 bits per heavy atom. The number of rotatable bonds is 3. The van der Waals surface area contributed by atoms with E-state index in [-0.39, 0.29) is 28.5 Å². The summed E-state index contributed by atoms with van der Waals surface area (Å²) >= 11 is 0. The second kappa shape index (κ2) is 13.5. The van der Waals surface area contributed by atoms with Crippen LogP contribution in [-0.2, 0) is 21.7 Å². The van der Waals surface area contributed by atoms with Gasteiger partial charge in [0.25, 0.3) is 0 Å². The van der Waals surface area contributed by atoms with Crippen LogP contribution in [0.5, 0.6) is 0 Å². The molecule has 4 heteroatoms. The molecule has 4 atom stereocenters. The van der Waals surface area contributed by atoms with E-state index in [9.17, 15) is 0 Å². The quantitative estimate of drug-likeness (QED) is 0.130. The molecule has 7 aliphatic rings. The van der Waals surface area contributed by atoms with Gasteiger partial charge < -0.3 is 13.8 Å². The molecule has 0 N–H and O–H groups in total. The number of furan rings is 1. The maximum Gasteiger partial charge on any atom is 0.333 e. The second-order valence-corrected chi connectivity index (χ2v) is 26.2. The van der Waals surface area contributed by atoms with Crippen molar-refractivity contribution in [1.82, 2.24) is 4.48 Å². The fraction of sp³-hybridized carbons (Fsp3) is 0.373. The van der Waals surface area contributed by atoms with Crippen LogP contribution in [0.4, 0.5) is 17.1 Å². The van der Waals surface area contributed by atoms with Crippen LogP contribution >= 0.6 is 0 Å². The molecular formula is C67H65BN2O. The third-order valence-corrected chi connectivity index (χ3v) is 21.0. The van der Waals surface area contributed by atoms with Crippen LogP contribution in [0, 0.1) is 30.6 Å². The van der Waals surface area contributed by atoms with E-state index in [1.54, 1.807) is 5.57 Å². The fourth-order valence-corrected chi connectivity index (χ4v) is 16.7. The molecule has 2 aliphatic heterocycles. The number of anilines is 3. The molecule has 2 bridgehead atoms. The molecule has 0 spiro atoms. The molecule has 71 heavy (non-hydrogen) atoms. The molecular weight excluding hydrogens is 860 g/mol. The standard InChI is InChI=1S/C67H65BN2O/c1-37-25-52-53(65(5,6)24-23-64(52,3)4)33-56(37)69-57-28-40-14-10-9-13-39(40)27-54(57)68-61-58(69)32-50-47-15-11-12-16-59(47)71-63(50)60(61)51-31-46(67(8)34-42-17-18-43(35-67)38(42)2)30-49-48-29-45(19-20-55(48)70(68)62(49)51)66(7)22-21-41-26-44(41)36-66/h9-16,19-21,25,27-33,38,42-44H,17-18,22-24,26,34-36H2,1-8H3. The maximum absolute atomic E-state index is 7.35. The van der Waals surface area contributed by atoms with Crippen LogP contribution < -0.4 is 15.8 Å². The lowest BCUT2D eigenvalue weighted by atomic mass is 9.44. The van der Waals surface area contributed by atoms with Gasteiger partial charge in [0.1, 0.15) is 11.2 Å². The minimum Gasteiger partial charge on any atom is -0.455 e. The number of hydrogen-bond acceptors (Lipinski definition) is 2. The number of fused-ring (bicyclic) bond motifs is 16. The van der Waals surface area contributed by atoms with Gasteiger partial charge >= 0.3 is 6.85 Å². The minimum atomic E-state index is -0.0739. The molecule has 4 heterocycles. The van der Waals surface area contributed by atoms with Crippen molar-refractivity contribution < 1.29 is 4.42 Å². The minimum absolute atomic E-state index is 0.0598. The zero-order valence-corrected chi connectivity index (χ0v) is 43.0. The highest BCUT2D eigenvalue weighted by molar-refractivity contribution is 6.90. The molecule has 4 unspecified atom stereocenters. The topological polar surface area (TPSA) is 21.3 Å². The van der Waals surface area contributed by atoms with E-state index in [0.717, 1.165) is 41.3 Å². The third kappa shape index (κ3) is 5.47. The van der Waals surface area contributed by atoms with Crippen molar-refractivity contribution in [3.05, 3.63) is 149 Å². The van der Waals surface area contributed by atoms with Crippen LogP contribution in [0.3, 0.4) is 0 Å². The van der Waals surface area contributed by atoms with Crippen LogP contribution in [0.25, 0.3) is 65.6 Å². The number of para-hydroxylation sites is 1. The Labute approximate surface area is 419 Å². The summed E-state index contributed by atoms with van der Waals surface area (Å²) in [5.74, 6) is 3.16. The summed E-state index contributed by atoms with van der Waals surface area (Å²) in [4.78, 5) is 2.71. The average Bonchev–Trinajstić information content (AvgIpc) is 3.87. The molecule has 16 rings (SSSR count).